The van der Waals surface area contributed by atoms with Gasteiger partial charge in [-0.15, -0.1) is 0 Å². The monoisotopic (exact) mass is 250 g/mol. The van der Waals surface area contributed by atoms with Crippen molar-refractivity contribution in [2.75, 3.05) is 13.1 Å². The fraction of sp³-hybridized carbons (Fsp3) is 0.500. The van der Waals surface area contributed by atoms with E-state index in [0.29, 0.717) is 23.7 Å². The molecule has 1 aromatic rings. The highest BCUT2D eigenvalue weighted by molar-refractivity contribution is 5.95. The van der Waals surface area contributed by atoms with Crippen LogP contribution in [0.3, 0.4) is 0 Å². The Morgan fingerprint density at radius 1 is 1.39 bits per heavy atom. The van der Waals surface area contributed by atoms with Crippen LogP contribution in [0.5, 0.6) is 0 Å². The second-order valence-corrected chi connectivity index (χ2v) is 4.80. The van der Waals surface area contributed by atoms with Crippen LogP contribution in [0.15, 0.2) is 18.2 Å². The molecular weight excluding hydrogens is 231 g/mol. The normalized spacial score (nSPS) is 14.6. The number of nitrogens with one attached hydrogen (secondary N) is 2. The first-order valence-electron chi connectivity index (χ1n) is 6.44. The lowest BCUT2D eigenvalue weighted by molar-refractivity contribution is 0.0952. The molecule has 1 fully saturated rings. The Morgan fingerprint density at radius 2 is 2.17 bits per heavy atom. The molecule has 2 rings (SSSR count). The lowest BCUT2D eigenvalue weighted by Gasteiger charge is -2.08. The van der Waals surface area contributed by atoms with Crippen LogP contribution in [0.4, 0.5) is 4.39 Å². The van der Waals surface area contributed by atoms with Crippen LogP contribution in [0.2, 0.25) is 0 Å². The highest BCUT2D eigenvalue weighted by Crippen LogP contribution is 2.18. The Kier molecular flexibility index (Phi) is 4.31. The molecule has 18 heavy (non-hydrogen) atoms. The summed E-state index contributed by atoms with van der Waals surface area (Å²) < 4.78 is 12.9. The van der Waals surface area contributed by atoms with Gasteiger partial charge in [-0.05, 0) is 56.5 Å². The van der Waals surface area contributed by atoms with Crippen molar-refractivity contribution in [3.63, 3.8) is 0 Å². The molecule has 2 N–H and O–H groups in total. The summed E-state index contributed by atoms with van der Waals surface area (Å²) in [7, 11) is 0. The molecule has 0 saturated heterocycles. The Bertz CT molecular complexity index is 430. The van der Waals surface area contributed by atoms with Crippen LogP contribution >= 0.6 is 0 Å². The molecule has 0 radical (unpaired) electrons. The zero-order valence-electron chi connectivity index (χ0n) is 10.6. The first-order valence-corrected chi connectivity index (χ1v) is 6.44. The van der Waals surface area contributed by atoms with Crippen molar-refractivity contribution in [3.05, 3.63) is 35.1 Å². The Labute approximate surface area is 107 Å². The smallest absolute Gasteiger partial charge is 0.251 e. The van der Waals surface area contributed by atoms with Crippen molar-refractivity contribution in [1.82, 2.24) is 10.6 Å². The van der Waals surface area contributed by atoms with E-state index in [2.05, 4.69) is 10.6 Å². The van der Waals surface area contributed by atoms with Crippen molar-refractivity contribution in [3.8, 4) is 0 Å². The summed E-state index contributed by atoms with van der Waals surface area (Å²) in [6.45, 7) is 3.33. The zero-order valence-corrected chi connectivity index (χ0v) is 10.6. The Morgan fingerprint density at radius 3 is 2.83 bits per heavy atom. The van der Waals surface area contributed by atoms with Gasteiger partial charge in [0.25, 0.3) is 5.91 Å². The molecule has 0 aromatic heterocycles. The average molecular weight is 250 g/mol. The van der Waals surface area contributed by atoms with E-state index < -0.39 is 0 Å². The van der Waals surface area contributed by atoms with Gasteiger partial charge in [0.05, 0.1) is 0 Å². The summed E-state index contributed by atoms with van der Waals surface area (Å²) in [6.07, 6.45) is 3.48. The van der Waals surface area contributed by atoms with Crippen LogP contribution in [-0.4, -0.2) is 25.0 Å². The van der Waals surface area contributed by atoms with Crippen LogP contribution in [0.25, 0.3) is 0 Å². The number of rotatable bonds is 6. The third-order valence-electron chi connectivity index (χ3n) is 3.08. The van der Waals surface area contributed by atoms with Gasteiger partial charge in [-0.3, -0.25) is 4.79 Å². The number of hydrogen-bond donors (Lipinski definition) is 2. The minimum atomic E-state index is -0.308. The van der Waals surface area contributed by atoms with Crippen LogP contribution in [0, 0.1) is 12.7 Å². The molecule has 0 bridgehead atoms. The van der Waals surface area contributed by atoms with Gasteiger partial charge < -0.3 is 10.6 Å². The molecule has 0 aliphatic heterocycles. The molecule has 0 heterocycles. The highest BCUT2D eigenvalue weighted by atomic mass is 19.1. The largest absolute Gasteiger partial charge is 0.352 e. The molecule has 1 saturated carbocycles. The lowest BCUT2D eigenvalue weighted by Crippen LogP contribution is -2.28. The van der Waals surface area contributed by atoms with Gasteiger partial charge in [0.2, 0.25) is 0 Å². The minimum absolute atomic E-state index is 0.126. The molecule has 0 spiro atoms. The molecule has 0 atom stereocenters. The summed E-state index contributed by atoms with van der Waals surface area (Å²) in [4.78, 5) is 11.8. The first kappa shape index (κ1) is 13.0. The summed E-state index contributed by atoms with van der Waals surface area (Å²) in [6, 6.07) is 4.93. The van der Waals surface area contributed by atoms with Gasteiger partial charge in [0.15, 0.2) is 0 Å². The van der Waals surface area contributed by atoms with Gasteiger partial charge in [-0.1, -0.05) is 0 Å². The number of carbonyl (C=O) groups is 1. The van der Waals surface area contributed by atoms with Gasteiger partial charge in [0, 0.05) is 18.2 Å². The summed E-state index contributed by atoms with van der Waals surface area (Å²) in [5.74, 6) is -0.434. The maximum absolute atomic E-state index is 12.9. The second kappa shape index (κ2) is 5.96. The predicted molar refractivity (Wildman–Crippen MR) is 69.1 cm³/mol. The molecule has 4 heteroatoms. The Balaban J connectivity index is 1.72. The molecule has 1 amide bonds. The molecule has 1 aliphatic carbocycles. The standard InChI is InChI=1S/C14H19FN2O/c1-10-9-11(15)3-6-13(10)14(18)17-8-2-7-16-12-4-5-12/h3,6,9,12,16H,2,4-5,7-8H2,1H3,(H,17,18). The van der Waals surface area contributed by atoms with Crippen molar-refractivity contribution in [2.45, 2.75) is 32.2 Å². The van der Waals surface area contributed by atoms with Gasteiger partial charge >= 0.3 is 0 Å². The number of benzene rings is 1. The fourth-order valence-corrected chi connectivity index (χ4v) is 1.86. The Hall–Kier alpha value is -1.42. The topological polar surface area (TPSA) is 41.1 Å². The molecule has 0 unspecified atom stereocenters. The van der Waals surface area contributed by atoms with E-state index in [1.54, 1.807) is 6.92 Å². The van der Waals surface area contributed by atoms with E-state index >= 15 is 0 Å². The van der Waals surface area contributed by atoms with E-state index in [1.807, 2.05) is 0 Å². The van der Waals surface area contributed by atoms with Crippen molar-refractivity contribution in [1.29, 1.82) is 0 Å². The summed E-state index contributed by atoms with van der Waals surface area (Å²) in [5, 5.41) is 6.24. The second-order valence-electron chi connectivity index (χ2n) is 4.80. The van der Waals surface area contributed by atoms with Crippen LogP contribution < -0.4 is 10.6 Å². The number of carbonyl (C=O) groups excluding carboxylic acids is 1. The maximum atomic E-state index is 12.9. The number of halogens is 1. The third kappa shape index (κ3) is 3.81. The van der Waals surface area contributed by atoms with Crippen molar-refractivity contribution >= 4 is 5.91 Å². The first-order chi connectivity index (χ1) is 8.66. The van der Waals surface area contributed by atoms with Gasteiger partial charge in [-0.25, -0.2) is 4.39 Å². The zero-order chi connectivity index (χ0) is 13.0. The average Bonchev–Trinajstić information content (AvgIpc) is 3.12. The van der Waals surface area contributed by atoms with Gasteiger partial charge in [0.1, 0.15) is 5.82 Å². The van der Waals surface area contributed by atoms with E-state index in [9.17, 15) is 9.18 Å². The maximum Gasteiger partial charge on any atom is 0.251 e. The molecular formula is C14H19FN2O. The fourth-order valence-electron chi connectivity index (χ4n) is 1.86. The molecule has 3 nitrogen and oxygen atoms in total. The van der Waals surface area contributed by atoms with Crippen LogP contribution in [-0.2, 0) is 0 Å². The molecule has 1 aliphatic rings. The van der Waals surface area contributed by atoms with E-state index in [1.165, 1.54) is 31.0 Å². The van der Waals surface area contributed by atoms with E-state index in [-0.39, 0.29) is 11.7 Å². The highest BCUT2D eigenvalue weighted by Gasteiger charge is 2.19. The van der Waals surface area contributed by atoms with Gasteiger partial charge in [-0.2, -0.15) is 0 Å². The third-order valence-corrected chi connectivity index (χ3v) is 3.08. The molecule has 98 valence electrons. The predicted octanol–water partition coefficient (Wildman–Crippen LogP) is 2.01. The quantitative estimate of drug-likeness (QED) is 0.758. The van der Waals surface area contributed by atoms with Crippen molar-refractivity contribution < 1.29 is 9.18 Å². The summed E-state index contributed by atoms with van der Waals surface area (Å²) in [5.41, 5.74) is 1.22. The molecule has 1 aromatic carbocycles. The number of aryl methyl sites for hydroxylation is 1. The summed E-state index contributed by atoms with van der Waals surface area (Å²) >= 11 is 0. The van der Waals surface area contributed by atoms with E-state index in [4.69, 9.17) is 0 Å². The van der Waals surface area contributed by atoms with E-state index in [0.717, 1.165) is 13.0 Å². The van der Waals surface area contributed by atoms with Crippen molar-refractivity contribution in [2.24, 2.45) is 0 Å². The number of hydrogen-bond acceptors (Lipinski definition) is 2. The minimum Gasteiger partial charge on any atom is -0.352 e. The lowest BCUT2D eigenvalue weighted by atomic mass is 10.1. The SMILES string of the molecule is Cc1cc(F)ccc1C(=O)NCCCNC1CC1. The van der Waals surface area contributed by atoms with Crippen LogP contribution in [0.1, 0.15) is 35.2 Å². The number of amides is 1.